The molecule has 15 heavy (non-hydrogen) atoms. The molecule has 1 aromatic rings. The molecular formula is C12H14ClNO. The highest BCUT2D eigenvalue weighted by Gasteiger charge is 2.40. The Hall–Kier alpha value is -0.730. The van der Waals surface area contributed by atoms with Gasteiger partial charge < -0.3 is 10.5 Å². The molecule has 0 bridgehead atoms. The third-order valence-corrected chi connectivity index (χ3v) is 3.41. The first-order chi connectivity index (χ1) is 7.17. The predicted octanol–water partition coefficient (Wildman–Crippen LogP) is 2.83. The SMILES string of the molecule is NC1(c2ccc(OC3CC3)c(Cl)c2)CC1. The van der Waals surface area contributed by atoms with Gasteiger partial charge in [-0.05, 0) is 43.4 Å². The molecule has 0 atom stereocenters. The molecule has 1 aromatic carbocycles. The first-order valence-electron chi connectivity index (χ1n) is 5.43. The highest BCUT2D eigenvalue weighted by molar-refractivity contribution is 6.32. The van der Waals surface area contributed by atoms with Crippen LogP contribution in [-0.4, -0.2) is 6.10 Å². The fourth-order valence-electron chi connectivity index (χ4n) is 1.69. The summed E-state index contributed by atoms with van der Waals surface area (Å²) in [5, 5.41) is 0.691. The lowest BCUT2D eigenvalue weighted by Crippen LogP contribution is -2.18. The minimum absolute atomic E-state index is 0.109. The van der Waals surface area contributed by atoms with Gasteiger partial charge in [-0.3, -0.25) is 0 Å². The maximum atomic E-state index is 6.15. The molecule has 0 amide bonds. The van der Waals surface area contributed by atoms with E-state index in [4.69, 9.17) is 22.1 Å². The van der Waals surface area contributed by atoms with Gasteiger partial charge in [0, 0.05) is 5.54 Å². The Morgan fingerprint density at radius 2 is 2.07 bits per heavy atom. The van der Waals surface area contributed by atoms with Crippen LogP contribution in [0.15, 0.2) is 18.2 Å². The Morgan fingerprint density at radius 3 is 2.60 bits per heavy atom. The van der Waals surface area contributed by atoms with E-state index in [1.165, 1.54) is 0 Å². The third kappa shape index (κ3) is 1.84. The average Bonchev–Trinajstić information content (AvgIpc) is 3.08. The standard InChI is InChI=1S/C12H14ClNO/c13-10-7-8(12(14)5-6-12)1-4-11(10)15-9-2-3-9/h1,4,7,9H,2-3,5-6,14H2. The van der Waals surface area contributed by atoms with Gasteiger partial charge in [0.15, 0.2) is 0 Å². The second-order valence-electron chi connectivity index (χ2n) is 4.62. The molecule has 3 heteroatoms. The summed E-state index contributed by atoms with van der Waals surface area (Å²) in [6.45, 7) is 0. The van der Waals surface area contributed by atoms with Crippen LogP contribution in [0.2, 0.25) is 5.02 Å². The second-order valence-corrected chi connectivity index (χ2v) is 5.03. The lowest BCUT2D eigenvalue weighted by Gasteiger charge is -2.12. The molecule has 0 heterocycles. The van der Waals surface area contributed by atoms with Gasteiger partial charge in [-0.15, -0.1) is 0 Å². The van der Waals surface area contributed by atoms with Crippen molar-refractivity contribution in [1.82, 2.24) is 0 Å². The first-order valence-corrected chi connectivity index (χ1v) is 5.81. The molecule has 2 aliphatic rings. The quantitative estimate of drug-likeness (QED) is 0.855. The van der Waals surface area contributed by atoms with Gasteiger partial charge in [0.2, 0.25) is 0 Å². The Balaban J connectivity index is 1.85. The van der Waals surface area contributed by atoms with Crippen molar-refractivity contribution >= 4 is 11.6 Å². The Kier molecular flexibility index (Phi) is 1.98. The van der Waals surface area contributed by atoms with Crippen LogP contribution in [0.4, 0.5) is 0 Å². The number of benzene rings is 1. The summed E-state index contributed by atoms with van der Waals surface area (Å²) in [4.78, 5) is 0. The summed E-state index contributed by atoms with van der Waals surface area (Å²) < 4.78 is 5.67. The number of halogens is 1. The van der Waals surface area contributed by atoms with Crippen molar-refractivity contribution in [2.45, 2.75) is 37.3 Å². The monoisotopic (exact) mass is 223 g/mol. The van der Waals surface area contributed by atoms with Crippen LogP contribution < -0.4 is 10.5 Å². The van der Waals surface area contributed by atoms with Crippen LogP contribution in [0.5, 0.6) is 5.75 Å². The van der Waals surface area contributed by atoms with E-state index in [9.17, 15) is 0 Å². The van der Waals surface area contributed by atoms with E-state index < -0.39 is 0 Å². The molecule has 0 aliphatic heterocycles. The molecule has 0 aromatic heterocycles. The van der Waals surface area contributed by atoms with Gasteiger partial charge in [0.1, 0.15) is 5.75 Å². The summed E-state index contributed by atoms with van der Waals surface area (Å²) in [6, 6.07) is 5.94. The largest absolute Gasteiger partial charge is 0.489 e. The molecular weight excluding hydrogens is 210 g/mol. The Labute approximate surface area is 94.4 Å². The fourth-order valence-corrected chi connectivity index (χ4v) is 1.92. The van der Waals surface area contributed by atoms with Gasteiger partial charge in [-0.2, -0.15) is 0 Å². The summed E-state index contributed by atoms with van der Waals surface area (Å²) in [5.74, 6) is 0.798. The Morgan fingerprint density at radius 1 is 1.33 bits per heavy atom. The van der Waals surface area contributed by atoms with E-state index in [1.807, 2.05) is 18.2 Å². The summed E-state index contributed by atoms with van der Waals surface area (Å²) in [7, 11) is 0. The molecule has 0 radical (unpaired) electrons. The summed E-state index contributed by atoms with van der Waals surface area (Å²) >= 11 is 6.15. The maximum absolute atomic E-state index is 6.15. The van der Waals surface area contributed by atoms with Gasteiger partial charge in [-0.1, -0.05) is 17.7 Å². The number of hydrogen-bond donors (Lipinski definition) is 1. The highest BCUT2D eigenvalue weighted by Crippen LogP contribution is 2.44. The summed E-state index contributed by atoms with van der Waals surface area (Å²) in [5.41, 5.74) is 7.13. The molecule has 2 saturated carbocycles. The molecule has 0 spiro atoms. The van der Waals surface area contributed by atoms with E-state index in [1.54, 1.807) is 0 Å². The van der Waals surface area contributed by atoms with Crippen molar-refractivity contribution in [2.24, 2.45) is 5.73 Å². The van der Waals surface area contributed by atoms with Crippen LogP contribution >= 0.6 is 11.6 Å². The molecule has 2 nitrogen and oxygen atoms in total. The predicted molar refractivity (Wildman–Crippen MR) is 60.2 cm³/mol. The van der Waals surface area contributed by atoms with Crippen LogP contribution in [0.3, 0.4) is 0 Å². The van der Waals surface area contributed by atoms with E-state index in [0.29, 0.717) is 11.1 Å². The topological polar surface area (TPSA) is 35.2 Å². The molecule has 2 fully saturated rings. The van der Waals surface area contributed by atoms with Crippen LogP contribution in [-0.2, 0) is 5.54 Å². The van der Waals surface area contributed by atoms with Crippen molar-refractivity contribution in [1.29, 1.82) is 0 Å². The molecule has 0 unspecified atom stereocenters. The lowest BCUT2D eigenvalue weighted by atomic mass is 10.1. The van der Waals surface area contributed by atoms with Crippen molar-refractivity contribution in [2.75, 3.05) is 0 Å². The first kappa shape index (κ1) is 9.49. The van der Waals surface area contributed by atoms with E-state index in [0.717, 1.165) is 37.0 Å². The zero-order valence-electron chi connectivity index (χ0n) is 8.50. The van der Waals surface area contributed by atoms with E-state index in [-0.39, 0.29) is 5.54 Å². The second kappa shape index (κ2) is 3.13. The van der Waals surface area contributed by atoms with Gasteiger partial charge >= 0.3 is 0 Å². The van der Waals surface area contributed by atoms with Gasteiger partial charge in [0.25, 0.3) is 0 Å². The highest BCUT2D eigenvalue weighted by atomic mass is 35.5. The molecule has 2 N–H and O–H groups in total. The third-order valence-electron chi connectivity index (χ3n) is 3.11. The molecule has 80 valence electrons. The molecule has 0 saturated heterocycles. The maximum Gasteiger partial charge on any atom is 0.138 e. The normalized spacial score (nSPS) is 22.5. The average molecular weight is 224 g/mol. The molecule has 3 rings (SSSR count). The van der Waals surface area contributed by atoms with Crippen molar-refractivity contribution in [3.8, 4) is 5.75 Å². The van der Waals surface area contributed by atoms with Crippen molar-refractivity contribution in [3.63, 3.8) is 0 Å². The number of ether oxygens (including phenoxy) is 1. The van der Waals surface area contributed by atoms with Crippen LogP contribution in [0.1, 0.15) is 31.2 Å². The van der Waals surface area contributed by atoms with Crippen LogP contribution in [0.25, 0.3) is 0 Å². The number of nitrogens with two attached hydrogens (primary N) is 1. The fraction of sp³-hybridized carbons (Fsp3) is 0.500. The molecule has 2 aliphatic carbocycles. The minimum Gasteiger partial charge on any atom is -0.489 e. The lowest BCUT2D eigenvalue weighted by molar-refractivity contribution is 0.303. The van der Waals surface area contributed by atoms with E-state index >= 15 is 0 Å². The Bertz CT molecular complexity index is 397. The van der Waals surface area contributed by atoms with E-state index in [2.05, 4.69) is 0 Å². The minimum atomic E-state index is -0.109. The van der Waals surface area contributed by atoms with Gasteiger partial charge in [-0.25, -0.2) is 0 Å². The van der Waals surface area contributed by atoms with Crippen molar-refractivity contribution in [3.05, 3.63) is 28.8 Å². The number of hydrogen-bond acceptors (Lipinski definition) is 2. The summed E-state index contributed by atoms with van der Waals surface area (Å²) in [6.07, 6.45) is 4.82. The smallest absolute Gasteiger partial charge is 0.138 e. The van der Waals surface area contributed by atoms with Crippen LogP contribution in [0, 0.1) is 0 Å². The zero-order chi connectivity index (χ0) is 10.5. The zero-order valence-corrected chi connectivity index (χ0v) is 9.26. The van der Waals surface area contributed by atoms with Crippen molar-refractivity contribution < 1.29 is 4.74 Å². The van der Waals surface area contributed by atoms with Gasteiger partial charge in [0.05, 0.1) is 11.1 Å². The number of rotatable bonds is 3.